The highest BCUT2D eigenvalue weighted by Gasteiger charge is 1.97. The quantitative estimate of drug-likeness (QED) is 0.543. The number of hydrogen-bond acceptors (Lipinski definition) is 3. The molecular weight excluding hydrogens is 144 g/mol. The summed E-state index contributed by atoms with van der Waals surface area (Å²) in [6, 6.07) is 6.17. The lowest BCUT2D eigenvalue weighted by atomic mass is 10.2. The van der Waals surface area contributed by atoms with Gasteiger partial charge in [-0.3, -0.25) is 15.5 Å². The summed E-state index contributed by atoms with van der Waals surface area (Å²) in [7, 11) is 0. The molecule has 0 radical (unpaired) electrons. The first-order valence-electron chi connectivity index (χ1n) is 3.04. The second-order valence-corrected chi connectivity index (χ2v) is 2.05. The normalized spacial score (nSPS) is 9.18. The van der Waals surface area contributed by atoms with Gasteiger partial charge < -0.3 is 5.73 Å². The van der Waals surface area contributed by atoms with Crippen LogP contribution in [0.3, 0.4) is 0 Å². The summed E-state index contributed by atoms with van der Waals surface area (Å²) < 4.78 is 0. The Kier molecular flexibility index (Phi) is 2.08. The molecule has 4 N–H and O–H groups in total. The monoisotopic (exact) mass is 152 g/mol. The van der Waals surface area contributed by atoms with Crippen molar-refractivity contribution in [2.24, 2.45) is 5.73 Å². The van der Waals surface area contributed by atoms with Gasteiger partial charge in [-0.2, -0.15) is 0 Å². The van der Waals surface area contributed by atoms with Gasteiger partial charge in [-0.05, 0) is 24.3 Å². The molecule has 1 amide bonds. The predicted octanol–water partition coefficient (Wildman–Crippen LogP) is 0.587. The van der Waals surface area contributed by atoms with Crippen LogP contribution in [0.1, 0.15) is 10.4 Å². The molecule has 0 spiro atoms. The summed E-state index contributed by atoms with van der Waals surface area (Å²) in [5, 5.41) is 8.40. The zero-order chi connectivity index (χ0) is 8.27. The van der Waals surface area contributed by atoms with E-state index in [1.54, 1.807) is 12.1 Å². The van der Waals surface area contributed by atoms with Gasteiger partial charge in [0.2, 0.25) is 5.91 Å². The SMILES string of the molecule is NC(=O)c1ccc(NO)cc1. The Balaban J connectivity index is 2.91. The third kappa shape index (κ3) is 1.68. The lowest BCUT2D eigenvalue weighted by Crippen LogP contribution is -2.10. The van der Waals surface area contributed by atoms with Crippen LogP contribution in [-0.2, 0) is 0 Å². The minimum absolute atomic E-state index is 0.420. The number of hydrogen-bond donors (Lipinski definition) is 3. The van der Waals surface area contributed by atoms with Gasteiger partial charge in [0.05, 0.1) is 5.69 Å². The summed E-state index contributed by atoms with van der Waals surface area (Å²) in [5.41, 5.74) is 7.87. The van der Waals surface area contributed by atoms with Crippen LogP contribution in [0.5, 0.6) is 0 Å². The average Bonchev–Trinajstić information content (AvgIpc) is 2.05. The van der Waals surface area contributed by atoms with Crippen molar-refractivity contribution in [2.75, 3.05) is 5.48 Å². The van der Waals surface area contributed by atoms with E-state index in [2.05, 4.69) is 0 Å². The molecule has 1 aromatic carbocycles. The molecule has 0 saturated heterocycles. The molecule has 1 aromatic rings. The minimum Gasteiger partial charge on any atom is -0.366 e. The highest BCUT2D eigenvalue weighted by molar-refractivity contribution is 5.93. The summed E-state index contributed by atoms with van der Waals surface area (Å²) in [5.74, 6) is -0.477. The van der Waals surface area contributed by atoms with E-state index in [9.17, 15) is 4.79 Å². The van der Waals surface area contributed by atoms with Gasteiger partial charge in [0, 0.05) is 5.56 Å². The molecule has 0 saturated carbocycles. The maximum absolute atomic E-state index is 10.5. The molecule has 0 aromatic heterocycles. The van der Waals surface area contributed by atoms with E-state index in [0.29, 0.717) is 11.3 Å². The van der Waals surface area contributed by atoms with E-state index >= 15 is 0 Å². The van der Waals surface area contributed by atoms with Gasteiger partial charge in [0.1, 0.15) is 0 Å². The van der Waals surface area contributed by atoms with Gasteiger partial charge in [0.15, 0.2) is 0 Å². The Morgan fingerprint density at radius 1 is 1.36 bits per heavy atom. The number of carbonyl (C=O) groups is 1. The van der Waals surface area contributed by atoms with Crippen molar-refractivity contribution in [3.05, 3.63) is 29.8 Å². The molecule has 1 rings (SSSR count). The topological polar surface area (TPSA) is 75.4 Å². The summed E-state index contributed by atoms with van der Waals surface area (Å²) in [4.78, 5) is 10.5. The fourth-order valence-electron chi connectivity index (χ4n) is 0.709. The smallest absolute Gasteiger partial charge is 0.248 e. The molecule has 58 valence electrons. The zero-order valence-electron chi connectivity index (χ0n) is 5.74. The van der Waals surface area contributed by atoms with Crippen LogP contribution in [0.15, 0.2) is 24.3 Å². The van der Waals surface area contributed by atoms with Crippen molar-refractivity contribution >= 4 is 11.6 Å². The van der Waals surface area contributed by atoms with E-state index in [0.717, 1.165) is 0 Å². The Hall–Kier alpha value is -1.55. The number of anilines is 1. The van der Waals surface area contributed by atoms with E-state index in [1.807, 2.05) is 5.48 Å². The average molecular weight is 152 g/mol. The lowest BCUT2D eigenvalue weighted by molar-refractivity contribution is 0.100. The maximum Gasteiger partial charge on any atom is 0.248 e. The summed E-state index contributed by atoms with van der Waals surface area (Å²) in [6.07, 6.45) is 0. The first-order valence-corrected chi connectivity index (χ1v) is 3.04. The van der Waals surface area contributed by atoms with Crippen LogP contribution in [0, 0.1) is 0 Å². The molecule has 0 heterocycles. The highest BCUT2D eigenvalue weighted by Crippen LogP contribution is 2.07. The van der Waals surface area contributed by atoms with Crippen LogP contribution in [0.25, 0.3) is 0 Å². The number of nitrogens with one attached hydrogen (secondary N) is 1. The van der Waals surface area contributed by atoms with Crippen molar-refractivity contribution in [2.45, 2.75) is 0 Å². The fraction of sp³-hybridized carbons (Fsp3) is 0. The van der Waals surface area contributed by atoms with E-state index in [1.165, 1.54) is 12.1 Å². The van der Waals surface area contributed by atoms with Gasteiger partial charge >= 0.3 is 0 Å². The van der Waals surface area contributed by atoms with Gasteiger partial charge in [-0.15, -0.1) is 0 Å². The van der Waals surface area contributed by atoms with E-state index in [-0.39, 0.29) is 0 Å². The van der Waals surface area contributed by atoms with Crippen LogP contribution in [-0.4, -0.2) is 11.1 Å². The van der Waals surface area contributed by atoms with Crippen molar-refractivity contribution < 1.29 is 10.0 Å². The number of carbonyl (C=O) groups excluding carboxylic acids is 1. The largest absolute Gasteiger partial charge is 0.366 e. The first-order chi connectivity index (χ1) is 5.24. The third-order valence-corrected chi connectivity index (χ3v) is 1.30. The minimum atomic E-state index is -0.477. The Morgan fingerprint density at radius 3 is 2.27 bits per heavy atom. The fourth-order valence-corrected chi connectivity index (χ4v) is 0.709. The standard InChI is InChI=1S/C7H8N2O2/c8-7(10)5-1-3-6(9-11)4-2-5/h1-4,9,11H,(H2,8,10). The molecule has 0 fully saturated rings. The van der Waals surface area contributed by atoms with Crippen LogP contribution >= 0.6 is 0 Å². The highest BCUT2D eigenvalue weighted by atomic mass is 16.5. The Labute approximate surface area is 63.6 Å². The molecule has 11 heavy (non-hydrogen) atoms. The van der Waals surface area contributed by atoms with E-state index in [4.69, 9.17) is 10.9 Å². The number of amides is 1. The molecule has 0 bridgehead atoms. The van der Waals surface area contributed by atoms with Gasteiger partial charge in [0.25, 0.3) is 0 Å². The van der Waals surface area contributed by atoms with Gasteiger partial charge in [-0.25, -0.2) is 0 Å². The second-order valence-electron chi connectivity index (χ2n) is 2.05. The number of nitrogens with two attached hydrogens (primary N) is 1. The first kappa shape index (κ1) is 7.56. The molecule has 4 heteroatoms. The van der Waals surface area contributed by atoms with Gasteiger partial charge in [-0.1, -0.05) is 0 Å². The lowest BCUT2D eigenvalue weighted by Gasteiger charge is -1.98. The van der Waals surface area contributed by atoms with Crippen LogP contribution in [0.4, 0.5) is 5.69 Å². The van der Waals surface area contributed by atoms with Crippen molar-refractivity contribution in [1.29, 1.82) is 0 Å². The molecule has 4 nitrogen and oxygen atoms in total. The van der Waals surface area contributed by atoms with Crippen LogP contribution in [0.2, 0.25) is 0 Å². The second kappa shape index (κ2) is 3.03. The summed E-state index contributed by atoms with van der Waals surface area (Å²) in [6.45, 7) is 0. The molecule has 0 aliphatic rings. The molecule has 0 aliphatic carbocycles. The Bertz CT molecular complexity index is 256. The number of rotatable bonds is 2. The van der Waals surface area contributed by atoms with Crippen molar-refractivity contribution in [3.63, 3.8) is 0 Å². The van der Waals surface area contributed by atoms with Crippen LogP contribution < -0.4 is 11.2 Å². The number of benzene rings is 1. The summed E-state index contributed by atoms with van der Waals surface area (Å²) >= 11 is 0. The van der Waals surface area contributed by atoms with Crippen molar-refractivity contribution in [1.82, 2.24) is 0 Å². The molecule has 0 unspecified atom stereocenters. The van der Waals surface area contributed by atoms with Crippen molar-refractivity contribution in [3.8, 4) is 0 Å². The Morgan fingerprint density at radius 2 is 1.91 bits per heavy atom. The predicted molar refractivity (Wildman–Crippen MR) is 40.4 cm³/mol. The third-order valence-electron chi connectivity index (χ3n) is 1.30. The number of primary amides is 1. The molecule has 0 aliphatic heterocycles. The maximum atomic E-state index is 10.5. The molecule has 0 atom stereocenters. The molecular formula is C7H8N2O2. The zero-order valence-corrected chi connectivity index (χ0v) is 5.74. The van der Waals surface area contributed by atoms with E-state index < -0.39 is 5.91 Å².